The third-order valence-corrected chi connectivity index (χ3v) is 17.6. The van der Waals surface area contributed by atoms with E-state index in [0.29, 0.717) is 167 Å². The van der Waals surface area contributed by atoms with Crippen molar-refractivity contribution in [3.8, 4) is 34.5 Å². The number of ether oxygens (including phenoxy) is 3. The number of unbranched alkanes of at least 4 members (excludes halogenated alkanes) is 2. The number of carbonyl (C=O) groups excluding carboxylic acids is 5. The van der Waals surface area contributed by atoms with Gasteiger partial charge in [-0.1, -0.05) is 127 Å². The van der Waals surface area contributed by atoms with Crippen LogP contribution < -0.4 is 36.9 Å². The molecule has 24 nitrogen and oxygen atoms in total. The summed E-state index contributed by atoms with van der Waals surface area (Å²) in [6, 6.07) is 51.0. The Morgan fingerprint density at radius 3 is 1.24 bits per heavy atom. The molecule has 0 aliphatic heterocycles. The van der Waals surface area contributed by atoms with Crippen LogP contribution in [-0.2, 0) is 79.0 Å². The lowest BCUT2D eigenvalue weighted by Gasteiger charge is -2.25. The molecule has 0 saturated carbocycles. The highest BCUT2D eigenvalue weighted by atomic mass is 16.6. The van der Waals surface area contributed by atoms with Gasteiger partial charge in [0.2, 0.25) is 23.6 Å². The molecule has 7 aromatic rings. The van der Waals surface area contributed by atoms with E-state index >= 15 is 0 Å². The maximum absolute atomic E-state index is 13.7. The summed E-state index contributed by atoms with van der Waals surface area (Å²) >= 11 is 0. The molecule has 7 aromatic carbocycles. The Morgan fingerprint density at radius 2 is 0.759 bits per heavy atom. The highest BCUT2D eigenvalue weighted by molar-refractivity contribution is 5.78. The third-order valence-electron chi connectivity index (χ3n) is 17.6. The maximum Gasteiger partial charge on any atom is 0.410 e. The summed E-state index contributed by atoms with van der Waals surface area (Å²) < 4.78 is 18.2. The number of hydrogen-bond acceptors (Lipinski definition) is 17. The van der Waals surface area contributed by atoms with E-state index in [2.05, 4.69) is 48.0 Å². The van der Waals surface area contributed by atoms with Crippen molar-refractivity contribution in [1.82, 2.24) is 30.7 Å². The smallest absolute Gasteiger partial charge is 0.410 e. The molecule has 13 N–H and O–H groups in total. The van der Waals surface area contributed by atoms with Gasteiger partial charge in [-0.3, -0.25) is 28.8 Å². The zero-order chi connectivity index (χ0) is 78.1. The van der Waals surface area contributed by atoms with Crippen LogP contribution in [0, 0.1) is 13.8 Å². The number of nitrogens with zero attached hydrogens (tertiary/aromatic N) is 3. The fourth-order valence-electron chi connectivity index (χ4n) is 11.2. The van der Waals surface area contributed by atoms with E-state index in [9.17, 15) is 54.0 Å². The molecule has 0 unspecified atom stereocenters. The number of carboxylic acid groups (broad SMARTS) is 2. The number of carboxylic acids is 2. The largest absolute Gasteiger partial charge is 0.504 e. The van der Waals surface area contributed by atoms with Gasteiger partial charge in [0.25, 0.3) is 0 Å². The number of benzene rings is 7. The number of aromatic hydroxyl groups is 4. The predicted molar refractivity (Wildman–Crippen MR) is 417 cm³/mol. The molecule has 0 atom stereocenters. The van der Waals surface area contributed by atoms with Gasteiger partial charge in [-0.2, -0.15) is 0 Å². The lowest BCUT2D eigenvalue weighted by molar-refractivity contribution is -0.143. The first kappa shape index (κ1) is 87.9. The van der Waals surface area contributed by atoms with Gasteiger partial charge in [-0.05, 0) is 204 Å². The third kappa shape index (κ3) is 37.0. The van der Waals surface area contributed by atoms with E-state index < -0.39 is 18.0 Å². The van der Waals surface area contributed by atoms with Crippen LogP contribution >= 0.6 is 0 Å². The molecule has 7 rings (SSSR count). The number of phenolic OH excluding ortho intramolecular Hbond substituents is 4. The highest BCUT2D eigenvalue weighted by Gasteiger charge is 2.20. The summed E-state index contributed by atoms with van der Waals surface area (Å²) in [5.74, 6) is -1.53. The number of aryl methyl sites for hydroxylation is 6. The van der Waals surface area contributed by atoms with Gasteiger partial charge in [-0.15, -0.1) is 0 Å². The number of nitrogens with one attached hydrogen (secondary N) is 3. The van der Waals surface area contributed by atoms with Crippen LogP contribution in [0.2, 0.25) is 0 Å². The molecule has 0 radical (unpaired) electrons. The molecule has 108 heavy (non-hydrogen) atoms. The summed E-state index contributed by atoms with van der Waals surface area (Å²) in [5.41, 5.74) is 20.7. The molecule has 0 aromatic heterocycles. The van der Waals surface area contributed by atoms with Gasteiger partial charge >= 0.3 is 18.0 Å². The number of amides is 5. The lowest BCUT2D eigenvalue weighted by atomic mass is 10.0. The molecule has 0 fully saturated rings. The number of aliphatic carboxylic acids is 2. The number of phenols is 4. The molecule has 0 saturated heterocycles. The number of carbonyl (C=O) groups is 7. The number of rotatable bonds is 47. The Morgan fingerprint density at radius 1 is 0.361 bits per heavy atom. The monoisotopic (exact) mass is 1490 g/mol. The van der Waals surface area contributed by atoms with Crippen LogP contribution in [0.25, 0.3) is 0 Å². The van der Waals surface area contributed by atoms with Crippen molar-refractivity contribution in [1.29, 1.82) is 0 Å². The van der Waals surface area contributed by atoms with Gasteiger partial charge in [-0.25, -0.2) is 4.79 Å². The SMILES string of the molecule is Cc1ccc(CCC(=O)NCCCN(CCCCN(CCCN)C(=O)CCc2ccc(OCc3ccccc3)c(OCc3ccccc3)c2)C(=O)OCc2ccccc2)cc1C.NCCCN(CCCCNCCCNC(=O)CCc1ccc(O)c(O)c1)C(=O)CCc1ccc(O)c(O)c1.O=C(O)CCC(=O)O. The van der Waals surface area contributed by atoms with Crippen molar-refractivity contribution >= 4 is 41.7 Å². The van der Waals surface area contributed by atoms with Crippen LogP contribution in [-0.4, -0.2) is 166 Å². The quantitative estimate of drug-likeness (QED) is 0.0125. The molecule has 5 amide bonds. The van der Waals surface area contributed by atoms with Crippen LogP contribution in [0.4, 0.5) is 4.79 Å². The molecule has 0 heterocycles. The number of nitrogens with two attached hydrogens (primary N) is 2. The minimum Gasteiger partial charge on any atom is -0.504 e. The van der Waals surface area contributed by atoms with Crippen molar-refractivity contribution in [3.63, 3.8) is 0 Å². The van der Waals surface area contributed by atoms with Gasteiger partial charge in [0.15, 0.2) is 34.5 Å². The average Bonchev–Trinajstić information content (AvgIpc) is 0.848. The van der Waals surface area contributed by atoms with E-state index in [1.807, 2.05) is 119 Å². The Kier molecular flexibility index (Phi) is 42.0. The average molecular weight is 1490 g/mol. The molecule has 0 aliphatic carbocycles. The summed E-state index contributed by atoms with van der Waals surface area (Å²) in [6.07, 6.45) is 8.62. The number of hydrogen-bond donors (Lipinski definition) is 11. The highest BCUT2D eigenvalue weighted by Crippen LogP contribution is 2.32. The van der Waals surface area contributed by atoms with Gasteiger partial charge < -0.3 is 87.0 Å². The van der Waals surface area contributed by atoms with Crippen LogP contribution in [0.5, 0.6) is 34.5 Å². The molecule has 0 spiro atoms. The normalized spacial score (nSPS) is 10.7. The first-order chi connectivity index (χ1) is 52.2. The Balaban J connectivity index is 0.000000385. The Labute approximate surface area is 635 Å². The van der Waals surface area contributed by atoms with Crippen molar-refractivity contribution in [3.05, 3.63) is 214 Å². The fraction of sp³-hybridized carbons (Fsp3) is 0.417. The van der Waals surface area contributed by atoms with E-state index in [0.717, 1.165) is 77.7 Å². The minimum absolute atomic E-state index is 0.00892. The lowest BCUT2D eigenvalue weighted by Crippen LogP contribution is -2.37. The van der Waals surface area contributed by atoms with Gasteiger partial charge in [0, 0.05) is 78.0 Å². The van der Waals surface area contributed by atoms with Gasteiger partial charge in [0.1, 0.15) is 19.8 Å². The second-order valence-corrected chi connectivity index (χ2v) is 26.3. The van der Waals surface area contributed by atoms with Crippen LogP contribution in [0.3, 0.4) is 0 Å². The summed E-state index contributed by atoms with van der Waals surface area (Å²) in [7, 11) is 0. The van der Waals surface area contributed by atoms with Gasteiger partial charge in [0.05, 0.1) is 12.8 Å². The standard InChI is InChI=1S/C52H64N4O6.C28H42N4O6.C4H6O4/c1-41-22-23-43(36-42(41)2)25-28-50(57)54-31-15-35-56(52(59)62-40-47-20-10-5-11-21-47)33-13-12-32-55(34-14-30-53)51(58)29-26-44-24-27-48(60-38-45-16-6-3-7-17-45)49(37-44)61-39-46-18-8-4-9-19-46;29-13-3-18-32(28(38)12-8-22-6-10-24(34)26(36)20-22)17-2-1-14-30-15-4-16-31-27(37)11-7-21-5-9-23(33)25(35)19-21;5-3(6)1-2-4(7)8/h3-11,16-24,27,36-37H,12-15,25-26,28-35,38-40,53H2,1-2H3,(H,54,57);5-6,9-10,19-20,30,33-36H,1-4,7-8,11-18,29H2,(H,31,37);1-2H2,(H,5,6)(H,7,8). The van der Waals surface area contributed by atoms with E-state index in [4.69, 9.17) is 35.9 Å². The zero-order valence-corrected chi connectivity index (χ0v) is 62.7. The maximum atomic E-state index is 13.7. The topological polar surface area (TPSA) is 366 Å². The van der Waals surface area contributed by atoms with E-state index in [-0.39, 0.29) is 66.1 Å². The molecular weight excluding hydrogens is 1380 g/mol. The Hall–Kier alpha value is -10.7. The second kappa shape index (κ2) is 51.5. The van der Waals surface area contributed by atoms with Crippen LogP contribution in [0.1, 0.15) is 140 Å². The summed E-state index contributed by atoms with van der Waals surface area (Å²) in [5, 5.41) is 63.0. The minimum atomic E-state index is -1.08. The summed E-state index contributed by atoms with van der Waals surface area (Å²) in [4.78, 5) is 89.1. The Bertz CT molecular complexity index is 3800. The van der Waals surface area contributed by atoms with E-state index in [1.54, 1.807) is 17.0 Å². The molecule has 24 heteroatoms. The molecular formula is C84H112N8O16. The molecule has 0 aliphatic rings. The first-order valence-electron chi connectivity index (χ1n) is 37.3. The van der Waals surface area contributed by atoms with Crippen molar-refractivity contribution in [2.24, 2.45) is 11.5 Å². The predicted octanol–water partition coefficient (Wildman–Crippen LogP) is 11.2. The van der Waals surface area contributed by atoms with Crippen molar-refractivity contribution in [2.45, 2.75) is 149 Å². The summed E-state index contributed by atoms with van der Waals surface area (Å²) in [6.45, 7) is 12.1. The fourth-order valence-corrected chi connectivity index (χ4v) is 11.2. The van der Waals surface area contributed by atoms with E-state index in [1.165, 1.54) is 35.4 Å². The van der Waals surface area contributed by atoms with Crippen molar-refractivity contribution < 1.29 is 78.4 Å². The molecule has 584 valence electrons. The molecule has 0 bridgehead atoms. The van der Waals surface area contributed by atoms with Crippen molar-refractivity contribution in [2.75, 3.05) is 78.5 Å². The second-order valence-electron chi connectivity index (χ2n) is 26.3. The van der Waals surface area contributed by atoms with Crippen LogP contribution in [0.15, 0.2) is 164 Å². The zero-order valence-electron chi connectivity index (χ0n) is 62.7. The first-order valence-corrected chi connectivity index (χ1v) is 37.3.